The van der Waals surface area contributed by atoms with Crippen LogP contribution in [-0.4, -0.2) is 116 Å². The fourth-order valence-corrected chi connectivity index (χ4v) is 2.98. The Labute approximate surface area is 148 Å². The van der Waals surface area contributed by atoms with Gasteiger partial charge in [0.15, 0.2) is 12.6 Å². The van der Waals surface area contributed by atoms with Crippen LogP contribution in [0.25, 0.3) is 0 Å². The van der Waals surface area contributed by atoms with Gasteiger partial charge in [-0.2, -0.15) is 0 Å². The average molecular weight is 383 g/mol. The maximum absolute atomic E-state index is 11.2. The molecular formula is C14H25NO11. The van der Waals surface area contributed by atoms with Crippen molar-refractivity contribution >= 4 is 5.91 Å². The summed E-state index contributed by atoms with van der Waals surface area (Å²) in [6.45, 7) is -0.195. The maximum Gasteiger partial charge on any atom is 0.217 e. The van der Waals surface area contributed by atoms with E-state index < -0.39 is 80.5 Å². The molecule has 2 fully saturated rings. The lowest BCUT2D eigenvalue weighted by atomic mass is 9.95. The molecule has 0 radical (unpaired) electrons. The summed E-state index contributed by atoms with van der Waals surface area (Å²) >= 11 is 0. The minimum Gasteiger partial charge on any atom is -0.394 e. The molecule has 0 aromatic heterocycles. The van der Waals surface area contributed by atoms with Crippen molar-refractivity contribution in [3.8, 4) is 0 Å². The molecule has 0 aromatic carbocycles. The van der Waals surface area contributed by atoms with Gasteiger partial charge in [0.05, 0.1) is 13.2 Å². The molecular weight excluding hydrogens is 358 g/mol. The number of rotatable bonds is 5. The van der Waals surface area contributed by atoms with E-state index >= 15 is 0 Å². The molecule has 0 aromatic rings. The lowest BCUT2D eigenvalue weighted by molar-refractivity contribution is -0.345. The predicted molar refractivity (Wildman–Crippen MR) is 80.2 cm³/mol. The van der Waals surface area contributed by atoms with Gasteiger partial charge >= 0.3 is 0 Å². The highest BCUT2D eigenvalue weighted by molar-refractivity contribution is 5.73. The van der Waals surface area contributed by atoms with Gasteiger partial charge in [-0.3, -0.25) is 4.79 Å². The topological polar surface area (TPSA) is 198 Å². The highest BCUT2D eigenvalue weighted by atomic mass is 16.7. The van der Waals surface area contributed by atoms with E-state index in [0.717, 1.165) is 6.92 Å². The molecule has 152 valence electrons. The Morgan fingerprint density at radius 3 is 2.08 bits per heavy atom. The van der Waals surface area contributed by atoms with Gasteiger partial charge in [0.25, 0.3) is 0 Å². The zero-order valence-electron chi connectivity index (χ0n) is 14.0. The first-order valence-electron chi connectivity index (χ1n) is 8.06. The van der Waals surface area contributed by atoms with E-state index in [2.05, 4.69) is 5.32 Å². The van der Waals surface area contributed by atoms with E-state index in [0.29, 0.717) is 0 Å². The second-order valence-corrected chi connectivity index (χ2v) is 6.26. The summed E-state index contributed by atoms with van der Waals surface area (Å²) < 4.78 is 15.7. The molecule has 0 bridgehead atoms. The number of carbonyl (C=O) groups excluding carboxylic acids is 1. The van der Waals surface area contributed by atoms with Crippen molar-refractivity contribution in [3.63, 3.8) is 0 Å². The van der Waals surface area contributed by atoms with Gasteiger partial charge in [-0.1, -0.05) is 0 Å². The summed E-state index contributed by atoms with van der Waals surface area (Å²) in [5.41, 5.74) is 0. The highest BCUT2D eigenvalue weighted by Gasteiger charge is 2.50. The number of aliphatic hydroxyl groups excluding tert-OH is 7. The largest absolute Gasteiger partial charge is 0.394 e. The lowest BCUT2D eigenvalue weighted by Gasteiger charge is -2.46. The summed E-state index contributed by atoms with van der Waals surface area (Å²) in [5.74, 6) is -0.564. The van der Waals surface area contributed by atoms with Crippen LogP contribution in [0.5, 0.6) is 0 Å². The van der Waals surface area contributed by atoms with E-state index in [1.165, 1.54) is 0 Å². The van der Waals surface area contributed by atoms with Gasteiger partial charge in [-0.15, -0.1) is 0 Å². The monoisotopic (exact) mass is 383 g/mol. The molecule has 0 aliphatic carbocycles. The maximum atomic E-state index is 11.2. The van der Waals surface area contributed by atoms with Crippen molar-refractivity contribution in [2.45, 2.75) is 68.3 Å². The molecule has 2 aliphatic heterocycles. The van der Waals surface area contributed by atoms with E-state index in [-0.39, 0.29) is 0 Å². The summed E-state index contributed by atoms with van der Waals surface area (Å²) in [5, 5.41) is 70.7. The fraction of sp³-hybridized carbons (Fsp3) is 0.929. The van der Waals surface area contributed by atoms with E-state index in [4.69, 9.17) is 14.2 Å². The normalized spacial score (nSPS) is 46.8. The first-order valence-corrected chi connectivity index (χ1v) is 8.06. The molecule has 2 aliphatic rings. The number of nitrogens with one attached hydrogen (secondary N) is 1. The Morgan fingerprint density at radius 1 is 0.923 bits per heavy atom. The van der Waals surface area contributed by atoms with E-state index in [9.17, 15) is 40.5 Å². The average Bonchev–Trinajstić information content (AvgIpc) is 2.60. The molecule has 4 unspecified atom stereocenters. The van der Waals surface area contributed by atoms with Gasteiger partial charge in [0.1, 0.15) is 48.8 Å². The number of hydrogen-bond donors (Lipinski definition) is 8. The molecule has 12 heteroatoms. The van der Waals surface area contributed by atoms with Crippen LogP contribution in [0.3, 0.4) is 0 Å². The second-order valence-electron chi connectivity index (χ2n) is 6.26. The zero-order chi connectivity index (χ0) is 19.6. The summed E-state index contributed by atoms with van der Waals surface area (Å²) in [7, 11) is 0. The Hall–Kier alpha value is -0.930. The van der Waals surface area contributed by atoms with Crippen LogP contribution >= 0.6 is 0 Å². The van der Waals surface area contributed by atoms with E-state index in [1.807, 2.05) is 0 Å². The summed E-state index contributed by atoms with van der Waals surface area (Å²) in [4.78, 5) is 11.2. The van der Waals surface area contributed by atoms with Gasteiger partial charge in [0, 0.05) is 6.92 Å². The minimum atomic E-state index is -1.73. The third-order valence-corrected chi connectivity index (χ3v) is 4.38. The molecule has 10 atom stereocenters. The molecule has 2 heterocycles. The Morgan fingerprint density at radius 2 is 1.54 bits per heavy atom. The fourth-order valence-electron chi connectivity index (χ4n) is 2.98. The number of aliphatic hydroxyl groups is 7. The molecule has 2 saturated heterocycles. The number of hydrogen-bond acceptors (Lipinski definition) is 11. The minimum absolute atomic E-state index is 0.564. The van der Waals surface area contributed by atoms with Crippen molar-refractivity contribution in [1.29, 1.82) is 0 Å². The molecule has 8 N–H and O–H groups in total. The predicted octanol–water partition coefficient (Wildman–Crippen LogP) is -5.25. The zero-order valence-corrected chi connectivity index (χ0v) is 14.0. The van der Waals surface area contributed by atoms with Crippen LogP contribution < -0.4 is 5.32 Å². The quantitative estimate of drug-likeness (QED) is 0.226. The van der Waals surface area contributed by atoms with Crippen molar-refractivity contribution in [1.82, 2.24) is 5.32 Å². The first kappa shape index (κ1) is 21.4. The Bertz CT molecular complexity index is 478. The molecule has 2 rings (SSSR count). The number of carbonyl (C=O) groups is 1. The van der Waals surface area contributed by atoms with Gasteiger partial charge in [-0.05, 0) is 0 Å². The summed E-state index contributed by atoms with van der Waals surface area (Å²) in [6.07, 6.45) is -13.6. The second kappa shape index (κ2) is 8.84. The summed E-state index contributed by atoms with van der Waals surface area (Å²) in [6, 6.07) is -1.29. The Balaban J connectivity index is 2.16. The van der Waals surface area contributed by atoms with Gasteiger partial charge in [0.2, 0.25) is 5.91 Å². The smallest absolute Gasteiger partial charge is 0.217 e. The molecule has 26 heavy (non-hydrogen) atoms. The highest BCUT2D eigenvalue weighted by Crippen LogP contribution is 2.28. The van der Waals surface area contributed by atoms with Crippen LogP contribution in [0.1, 0.15) is 6.92 Å². The standard InChI is InChI=1S/C14H25NO11/c1-4(18)15-7-9(20)12(6(3-17)24-13(7)23)26-14-11(22)10(21)8(19)5(2-16)25-14/h5-14,16-17,19-23H,2-3H2,1H3,(H,15,18)/t5?,6?,7-,8-,9+,10-,11-,12+,13?,14?/m0/s1. The molecule has 12 nitrogen and oxygen atoms in total. The van der Waals surface area contributed by atoms with Crippen LogP contribution in [0.15, 0.2) is 0 Å². The van der Waals surface area contributed by atoms with Crippen LogP contribution in [0.4, 0.5) is 0 Å². The Kier molecular flexibility index (Phi) is 7.27. The number of ether oxygens (including phenoxy) is 3. The van der Waals surface area contributed by atoms with Crippen molar-refractivity contribution in [2.75, 3.05) is 13.2 Å². The lowest BCUT2D eigenvalue weighted by Crippen LogP contribution is -2.67. The first-order chi connectivity index (χ1) is 12.2. The van der Waals surface area contributed by atoms with Crippen LogP contribution in [0, 0.1) is 0 Å². The van der Waals surface area contributed by atoms with Crippen molar-refractivity contribution < 1.29 is 54.8 Å². The van der Waals surface area contributed by atoms with E-state index in [1.54, 1.807) is 0 Å². The van der Waals surface area contributed by atoms with Crippen molar-refractivity contribution in [3.05, 3.63) is 0 Å². The van der Waals surface area contributed by atoms with Crippen LogP contribution in [-0.2, 0) is 19.0 Å². The number of amides is 1. The molecule has 0 spiro atoms. The SMILES string of the molecule is CC(=O)N[C@@H]1C(O)OC(CO)[C@@H](OC2OC(CO)[C@H](O)[C@H](O)[C@@H]2O)[C@@H]1O. The van der Waals surface area contributed by atoms with Crippen LogP contribution in [0.2, 0.25) is 0 Å². The third-order valence-electron chi connectivity index (χ3n) is 4.38. The van der Waals surface area contributed by atoms with Gasteiger partial charge in [-0.25, -0.2) is 0 Å². The van der Waals surface area contributed by atoms with Gasteiger partial charge < -0.3 is 55.3 Å². The van der Waals surface area contributed by atoms with Crippen molar-refractivity contribution in [2.24, 2.45) is 0 Å². The molecule has 1 amide bonds. The third kappa shape index (κ3) is 4.31. The molecule has 0 saturated carbocycles.